The minimum Gasteiger partial charge on any atom is -0.424 e. The van der Waals surface area contributed by atoms with Crippen LogP contribution in [0.2, 0.25) is 0 Å². The Labute approximate surface area is 186 Å². The topological polar surface area (TPSA) is 87.5 Å². The molecule has 4 aromatic rings. The van der Waals surface area contributed by atoms with Crippen molar-refractivity contribution in [3.8, 4) is 11.1 Å². The molecule has 8 heteroatoms. The van der Waals surface area contributed by atoms with Gasteiger partial charge in [-0.05, 0) is 48.9 Å². The van der Waals surface area contributed by atoms with Crippen LogP contribution < -0.4 is 10.6 Å². The van der Waals surface area contributed by atoms with E-state index in [9.17, 15) is 0 Å². The van der Waals surface area contributed by atoms with Gasteiger partial charge in [0.25, 0.3) is 6.01 Å². The Morgan fingerprint density at radius 2 is 1.69 bits per heavy atom. The highest BCUT2D eigenvalue weighted by atomic mass is 16.4. The number of benzene rings is 2. The van der Waals surface area contributed by atoms with Gasteiger partial charge in [0.1, 0.15) is 11.3 Å². The second-order valence-corrected chi connectivity index (χ2v) is 8.89. The van der Waals surface area contributed by atoms with E-state index in [1.54, 1.807) is 0 Å². The smallest absolute Gasteiger partial charge is 0.292 e. The first-order valence-electron chi connectivity index (χ1n) is 11.2. The van der Waals surface area contributed by atoms with E-state index >= 15 is 0 Å². The van der Waals surface area contributed by atoms with Crippen molar-refractivity contribution in [1.82, 2.24) is 24.8 Å². The second-order valence-electron chi connectivity index (χ2n) is 8.89. The first-order valence-corrected chi connectivity index (χ1v) is 11.2. The van der Waals surface area contributed by atoms with Gasteiger partial charge in [-0.25, -0.2) is 4.98 Å². The van der Waals surface area contributed by atoms with Crippen LogP contribution in [0, 0.1) is 0 Å². The lowest BCUT2D eigenvalue weighted by molar-refractivity contribution is 0.120. The van der Waals surface area contributed by atoms with E-state index in [0.717, 1.165) is 72.8 Å². The van der Waals surface area contributed by atoms with Gasteiger partial charge in [0, 0.05) is 45.3 Å². The number of nitrogen functional groups attached to an aromatic ring is 1. The van der Waals surface area contributed by atoms with Crippen molar-refractivity contribution in [2.24, 2.45) is 0 Å². The molecule has 0 bridgehead atoms. The van der Waals surface area contributed by atoms with E-state index in [4.69, 9.17) is 20.1 Å². The Morgan fingerprint density at radius 3 is 2.53 bits per heavy atom. The maximum absolute atomic E-state index is 5.69. The van der Waals surface area contributed by atoms with Gasteiger partial charge in [-0.1, -0.05) is 12.1 Å². The number of oxazole rings is 1. The lowest BCUT2D eigenvalue weighted by Crippen LogP contribution is -2.49. The molecule has 2 fully saturated rings. The fraction of sp³-hybridized carbons (Fsp3) is 0.375. The SMILES string of the molecule is CN1CCN(C2CCN(c3cnc4ccc(-c5ccc6oc(N)nc6c5)cc4n3)C2)CC1. The molecule has 164 valence electrons. The summed E-state index contributed by atoms with van der Waals surface area (Å²) in [6.07, 6.45) is 3.10. The average Bonchev–Trinajstić information content (AvgIpc) is 3.44. The van der Waals surface area contributed by atoms with Crippen LogP contribution in [0.5, 0.6) is 0 Å². The number of nitrogens with two attached hydrogens (primary N) is 1. The largest absolute Gasteiger partial charge is 0.424 e. The summed E-state index contributed by atoms with van der Waals surface area (Å²) in [7, 11) is 2.20. The van der Waals surface area contributed by atoms with Crippen molar-refractivity contribution < 1.29 is 4.42 Å². The molecule has 0 aliphatic carbocycles. The van der Waals surface area contributed by atoms with E-state index in [1.165, 1.54) is 6.42 Å². The molecular formula is C24H27N7O. The predicted octanol–water partition coefficient (Wildman–Crippen LogP) is 2.85. The maximum Gasteiger partial charge on any atom is 0.292 e. The summed E-state index contributed by atoms with van der Waals surface area (Å²) in [6, 6.07) is 12.9. The highest BCUT2D eigenvalue weighted by molar-refractivity contribution is 5.86. The number of nitrogens with zero attached hydrogens (tertiary/aromatic N) is 6. The third-order valence-corrected chi connectivity index (χ3v) is 6.81. The molecule has 0 saturated carbocycles. The van der Waals surface area contributed by atoms with E-state index in [0.29, 0.717) is 11.6 Å². The molecular weight excluding hydrogens is 402 g/mol. The monoisotopic (exact) mass is 429 g/mol. The molecule has 0 spiro atoms. The van der Waals surface area contributed by atoms with Crippen molar-refractivity contribution in [2.45, 2.75) is 12.5 Å². The molecule has 1 unspecified atom stereocenters. The zero-order chi connectivity index (χ0) is 21.7. The zero-order valence-electron chi connectivity index (χ0n) is 18.2. The molecule has 2 aliphatic rings. The molecule has 0 radical (unpaired) electrons. The first kappa shape index (κ1) is 19.5. The van der Waals surface area contributed by atoms with Gasteiger partial charge in [-0.3, -0.25) is 9.88 Å². The number of aromatic nitrogens is 3. The number of likely N-dealkylation sites (N-methyl/N-ethyl adjacent to an activating group) is 1. The summed E-state index contributed by atoms with van der Waals surface area (Å²) >= 11 is 0. The fourth-order valence-electron chi connectivity index (χ4n) is 4.89. The standard InChI is InChI=1S/C24H27N7O/c1-29-8-10-30(11-9-29)18-6-7-31(15-18)23-14-26-19-4-2-16(12-20(19)27-23)17-3-5-22-21(13-17)28-24(25)32-22/h2-5,12-14,18H,6-11,15H2,1H3,(H2,25,28). The number of piperazine rings is 1. The van der Waals surface area contributed by atoms with Gasteiger partial charge in [-0.15, -0.1) is 0 Å². The third-order valence-electron chi connectivity index (χ3n) is 6.81. The summed E-state index contributed by atoms with van der Waals surface area (Å²) in [6.45, 7) is 6.67. The van der Waals surface area contributed by atoms with Crippen molar-refractivity contribution in [3.05, 3.63) is 42.6 Å². The Balaban J connectivity index is 1.25. The number of fused-ring (bicyclic) bond motifs is 2. The summed E-state index contributed by atoms with van der Waals surface area (Å²) in [5, 5.41) is 0. The fourth-order valence-corrected chi connectivity index (χ4v) is 4.89. The summed E-state index contributed by atoms with van der Waals surface area (Å²) in [5.74, 6) is 0.964. The molecule has 2 saturated heterocycles. The van der Waals surface area contributed by atoms with Crippen molar-refractivity contribution in [1.29, 1.82) is 0 Å². The van der Waals surface area contributed by atoms with Gasteiger partial charge in [0.15, 0.2) is 5.58 Å². The molecule has 2 aliphatic heterocycles. The molecule has 6 rings (SSSR count). The van der Waals surface area contributed by atoms with E-state index in [2.05, 4.69) is 38.9 Å². The molecule has 2 aromatic carbocycles. The van der Waals surface area contributed by atoms with E-state index < -0.39 is 0 Å². The van der Waals surface area contributed by atoms with E-state index in [1.807, 2.05) is 30.5 Å². The van der Waals surface area contributed by atoms with Crippen LogP contribution in [-0.4, -0.2) is 77.1 Å². The van der Waals surface area contributed by atoms with Crippen LogP contribution in [0.1, 0.15) is 6.42 Å². The maximum atomic E-state index is 5.69. The predicted molar refractivity (Wildman–Crippen MR) is 127 cm³/mol. The highest BCUT2D eigenvalue weighted by Crippen LogP contribution is 2.29. The van der Waals surface area contributed by atoms with Gasteiger partial charge >= 0.3 is 0 Å². The summed E-state index contributed by atoms with van der Waals surface area (Å²) in [4.78, 5) is 21.4. The second kappa shape index (κ2) is 7.72. The molecule has 2 aromatic heterocycles. The van der Waals surface area contributed by atoms with Gasteiger partial charge in [0.2, 0.25) is 0 Å². The molecule has 1 atom stereocenters. The molecule has 32 heavy (non-hydrogen) atoms. The van der Waals surface area contributed by atoms with Crippen LogP contribution in [0.4, 0.5) is 11.8 Å². The Kier molecular flexibility index (Phi) is 4.69. The molecule has 0 amide bonds. The van der Waals surface area contributed by atoms with Crippen molar-refractivity contribution >= 4 is 34.0 Å². The Morgan fingerprint density at radius 1 is 0.906 bits per heavy atom. The third kappa shape index (κ3) is 3.55. The van der Waals surface area contributed by atoms with Crippen molar-refractivity contribution in [3.63, 3.8) is 0 Å². The van der Waals surface area contributed by atoms with Crippen LogP contribution in [0.15, 0.2) is 47.0 Å². The lowest BCUT2D eigenvalue weighted by atomic mass is 10.0. The van der Waals surface area contributed by atoms with Crippen LogP contribution >= 0.6 is 0 Å². The number of hydrogen-bond acceptors (Lipinski definition) is 8. The highest BCUT2D eigenvalue weighted by Gasteiger charge is 2.30. The van der Waals surface area contributed by atoms with Crippen LogP contribution in [0.25, 0.3) is 33.3 Å². The Hall–Kier alpha value is -3.23. The first-order chi connectivity index (χ1) is 15.6. The number of hydrogen-bond donors (Lipinski definition) is 1. The average molecular weight is 430 g/mol. The minimum atomic E-state index is 0.187. The molecule has 2 N–H and O–H groups in total. The Bertz CT molecular complexity index is 1280. The normalized spacial score (nSPS) is 20.5. The quantitative estimate of drug-likeness (QED) is 0.532. The van der Waals surface area contributed by atoms with E-state index in [-0.39, 0.29) is 6.01 Å². The number of rotatable bonds is 3. The molecule has 4 heterocycles. The lowest BCUT2D eigenvalue weighted by Gasteiger charge is -2.36. The van der Waals surface area contributed by atoms with Crippen molar-refractivity contribution in [2.75, 3.05) is 56.9 Å². The van der Waals surface area contributed by atoms with Gasteiger partial charge < -0.3 is 20.0 Å². The molecule has 8 nitrogen and oxygen atoms in total. The summed E-state index contributed by atoms with van der Waals surface area (Å²) in [5.41, 5.74) is 11.1. The number of anilines is 2. The van der Waals surface area contributed by atoms with Gasteiger partial charge in [0.05, 0.1) is 17.2 Å². The van der Waals surface area contributed by atoms with Gasteiger partial charge in [-0.2, -0.15) is 4.98 Å². The zero-order valence-corrected chi connectivity index (χ0v) is 18.2. The van der Waals surface area contributed by atoms with Crippen LogP contribution in [0.3, 0.4) is 0 Å². The minimum absolute atomic E-state index is 0.187. The summed E-state index contributed by atoms with van der Waals surface area (Å²) < 4.78 is 5.39. The van der Waals surface area contributed by atoms with Crippen LogP contribution in [-0.2, 0) is 0 Å².